The number of benzene rings is 2. The van der Waals surface area contributed by atoms with Crippen LogP contribution in [0.2, 0.25) is 0 Å². The average Bonchev–Trinajstić information content (AvgIpc) is 2.61. The molecule has 0 bridgehead atoms. The van der Waals surface area contributed by atoms with Crippen molar-refractivity contribution in [3.05, 3.63) is 59.2 Å². The van der Waals surface area contributed by atoms with Crippen LogP contribution in [0, 0.1) is 25.5 Å². The van der Waals surface area contributed by atoms with Gasteiger partial charge in [0.1, 0.15) is 5.71 Å². The predicted molar refractivity (Wildman–Crippen MR) is 95.1 cm³/mol. The second-order valence-corrected chi connectivity index (χ2v) is 6.13. The molecule has 1 N–H and O–H groups in total. The summed E-state index contributed by atoms with van der Waals surface area (Å²) in [6.45, 7) is 3.75. The number of carbonyl (C=O) groups excluding carboxylic acids is 2. The SMILES string of the molecule is Cc1ccc(C)c(N2N=C(C(=O)Nc3ccc(F)c(F)c3)CCC2=O)c1. The third-order valence-electron chi connectivity index (χ3n) is 4.07. The highest BCUT2D eigenvalue weighted by Gasteiger charge is 2.26. The maximum absolute atomic E-state index is 13.3. The first-order chi connectivity index (χ1) is 12.3. The molecule has 3 rings (SSSR count). The van der Waals surface area contributed by atoms with Crippen LogP contribution in [0.4, 0.5) is 20.2 Å². The van der Waals surface area contributed by atoms with Crippen LogP contribution >= 0.6 is 0 Å². The Hall–Kier alpha value is -3.09. The quantitative estimate of drug-likeness (QED) is 0.910. The number of amides is 2. The smallest absolute Gasteiger partial charge is 0.271 e. The number of anilines is 2. The van der Waals surface area contributed by atoms with Crippen molar-refractivity contribution < 1.29 is 18.4 Å². The molecule has 134 valence electrons. The van der Waals surface area contributed by atoms with Gasteiger partial charge in [0.25, 0.3) is 5.91 Å². The molecular formula is C19H17F2N3O2. The molecule has 0 aliphatic carbocycles. The maximum Gasteiger partial charge on any atom is 0.271 e. The lowest BCUT2D eigenvalue weighted by Crippen LogP contribution is -2.36. The van der Waals surface area contributed by atoms with Crippen molar-refractivity contribution in [1.29, 1.82) is 0 Å². The van der Waals surface area contributed by atoms with Crippen molar-refractivity contribution in [3.63, 3.8) is 0 Å². The van der Waals surface area contributed by atoms with Gasteiger partial charge < -0.3 is 5.32 Å². The van der Waals surface area contributed by atoms with Gasteiger partial charge in [-0.2, -0.15) is 5.10 Å². The summed E-state index contributed by atoms with van der Waals surface area (Å²) in [5.74, 6) is -2.81. The maximum atomic E-state index is 13.3. The van der Waals surface area contributed by atoms with Crippen molar-refractivity contribution in [3.8, 4) is 0 Å². The van der Waals surface area contributed by atoms with Gasteiger partial charge in [-0.25, -0.2) is 13.8 Å². The van der Waals surface area contributed by atoms with Gasteiger partial charge in [-0.15, -0.1) is 0 Å². The molecule has 0 fully saturated rings. The van der Waals surface area contributed by atoms with Crippen LogP contribution in [0.1, 0.15) is 24.0 Å². The summed E-state index contributed by atoms with van der Waals surface area (Å²) in [7, 11) is 0. The molecular weight excluding hydrogens is 340 g/mol. The zero-order valence-corrected chi connectivity index (χ0v) is 14.3. The van der Waals surface area contributed by atoms with E-state index in [-0.39, 0.29) is 30.1 Å². The topological polar surface area (TPSA) is 61.8 Å². The number of hydrazone groups is 1. The van der Waals surface area contributed by atoms with Gasteiger partial charge in [-0.3, -0.25) is 9.59 Å². The molecule has 0 radical (unpaired) electrons. The standard InChI is InChI=1S/C19H17F2N3O2/c1-11-3-4-12(2)17(9-11)24-18(25)8-7-16(23-24)19(26)22-13-5-6-14(20)15(21)10-13/h3-6,9-10H,7-8H2,1-2H3,(H,22,26). The first kappa shape index (κ1) is 17.7. The summed E-state index contributed by atoms with van der Waals surface area (Å²) >= 11 is 0. The molecule has 0 spiro atoms. The zero-order chi connectivity index (χ0) is 18.8. The molecule has 0 atom stereocenters. The number of hydrogen-bond donors (Lipinski definition) is 1. The summed E-state index contributed by atoms with van der Waals surface area (Å²) in [6, 6.07) is 8.71. The minimum atomic E-state index is -1.06. The largest absolute Gasteiger partial charge is 0.321 e. The van der Waals surface area contributed by atoms with E-state index in [1.54, 1.807) is 0 Å². The van der Waals surface area contributed by atoms with Gasteiger partial charge in [0, 0.05) is 24.6 Å². The molecule has 0 saturated carbocycles. The van der Waals surface area contributed by atoms with Gasteiger partial charge in [-0.1, -0.05) is 12.1 Å². The fraction of sp³-hybridized carbons (Fsp3) is 0.211. The minimum absolute atomic E-state index is 0.117. The molecule has 0 aromatic heterocycles. The molecule has 1 aliphatic heterocycles. The van der Waals surface area contributed by atoms with Crippen molar-refractivity contribution in [2.24, 2.45) is 5.10 Å². The Labute approximate surface area is 149 Å². The number of nitrogens with zero attached hydrogens (tertiary/aromatic N) is 2. The summed E-state index contributed by atoms with van der Waals surface area (Å²) in [5, 5.41) is 7.90. The van der Waals surface area contributed by atoms with Crippen LogP contribution in [-0.4, -0.2) is 17.5 Å². The lowest BCUT2D eigenvalue weighted by Gasteiger charge is -2.24. The second-order valence-electron chi connectivity index (χ2n) is 6.13. The normalized spacial score (nSPS) is 14.2. The molecule has 7 heteroatoms. The molecule has 1 heterocycles. The molecule has 5 nitrogen and oxygen atoms in total. The number of halogens is 2. The van der Waals surface area contributed by atoms with Crippen LogP contribution in [0.3, 0.4) is 0 Å². The predicted octanol–water partition coefficient (Wildman–Crippen LogP) is 3.70. The molecule has 26 heavy (non-hydrogen) atoms. The first-order valence-corrected chi connectivity index (χ1v) is 8.09. The lowest BCUT2D eigenvalue weighted by molar-refractivity contribution is -0.118. The lowest BCUT2D eigenvalue weighted by atomic mass is 10.1. The van der Waals surface area contributed by atoms with E-state index in [4.69, 9.17) is 0 Å². The van der Waals surface area contributed by atoms with Crippen LogP contribution in [0.15, 0.2) is 41.5 Å². The van der Waals surface area contributed by atoms with E-state index < -0.39 is 17.5 Å². The minimum Gasteiger partial charge on any atom is -0.321 e. The summed E-state index contributed by atoms with van der Waals surface area (Å²) < 4.78 is 26.3. The van der Waals surface area contributed by atoms with E-state index in [2.05, 4.69) is 10.4 Å². The Balaban J connectivity index is 1.87. The van der Waals surface area contributed by atoms with E-state index in [9.17, 15) is 18.4 Å². The van der Waals surface area contributed by atoms with E-state index in [1.165, 1.54) is 11.1 Å². The van der Waals surface area contributed by atoms with E-state index in [0.29, 0.717) is 5.69 Å². The van der Waals surface area contributed by atoms with Crippen molar-refractivity contribution in [2.45, 2.75) is 26.7 Å². The Morgan fingerprint density at radius 3 is 2.58 bits per heavy atom. The summed E-state index contributed by atoms with van der Waals surface area (Å²) in [6.07, 6.45) is 0.313. The average molecular weight is 357 g/mol. The molecule has 0 saturated heterocycles. The Kier molecular flexibility index (Phi) is 4.79. The van der Waals surface area contributed by atoms with Crippen LogP contribution in [-0.2, 0) is 9.59 Å². The van der Waals surface area contributed by atoms with E-state index >= 15 is 0 Å². The van der Waals surface area contributed by atoms with Crippen LogP contribution in [0.5, 0.6) is 0 Å². The molecule has 1 aliphatic rings. The fourth-order valence-corrected chi connectivity index (χ4v) is 2.63. The summed E-state index contributed by atoms with van der Waals surface area (Å²) in [4.78, 5) is 24.7. The van der Waals surface area contributed by atoms with Gasteiger partial charge in [0.2, 0.25) is 5.91 Å². The Morgan fingerprint density at radius 1 is 1.08 bits per heavy atom. The van der Waals surface area contributed by atoms with Gasteiger partial charge >= 0.3 is 0 Å². The fourth-order valence-electron chi connectivity index (χ4n) is 2.63. The molecule has 2 amide bonds. The molecule has 0 unspecified atom stereocenters. The van der Waals surface area contributed by atoms with Crippen molar-refractivity contribution in [1.82, 2.24) is 0 Å². The Bertz CT molecular complexity index is 925. The number of hydrogen-bond acceptors (Lipinski definition) is 3. The highest BCUT2D eigenvalue weighted by molar-refractivity contribution is 6.44. The highest BCUT2D eigenvalue weighted by Crippen LogP contribution is 2.25. The first-order valence-electron chi connectivity index (χ1n) is 8.09. The monoisotopic (exact) mass is 357 g/mol. The Morgan fingerprint density at radius 2 is 1.85 bits per heavy atom. The number of nitrogens with one attached hydrogen (secondary N) is 1. The number of rotatable bonds is 3. The highest BCUT2D eigenvalue weighted by atomic mass is 19.2. The second kappa shape index (κ2) is 7.03. The third-order valence-corrected chi connectivity index (χ3v) is 4.07. The van der Waals surface area contributed by atoms with Crippen molar-refractivity contribution >= 4 is 28.9 Å². The van der Waals surface area contributed by atoms with E-state index in [0.717, 1.165) is 23.3 Å². The zero-order valence-electron chi connectivity index (χ0n) is 14.3. The summed E-state index contributed by atoms with van der Waals surface area (Å²) in [5.41, 5.74) is 2.71. The van der Waals surface area contributed by atoms with Crippen LogP contribution in [0.25, 0.3) is 0 Å². The van der Waals surface area contributed by atoms with Crippen molar-refractivity contribution in [2.75, 3.05) is 10.3 Å². The van der Waals surface area contributed by atoms with Gasteiger partial charge in [-0.05, 0) is 43.2 Å². The van der Waals surface area contributed by atoms with E-state index in [1.807, 2.05) is 32.0 Å². The molecule has 2 aromatic rings. The number of carbonyl (C=O) groups is 2. The van der Waals surface area contributed by atoms with Gasteiger partial charge in [0.05, 0.1) is 5.69 Å². The third kappa shape index (κ3) is 3.61. The molecule has 2 aromatic carbocycles. The number of aryl methyl sites for hydroxylation is 2. The van der Waals surface area contributed by atoms with Crippen LogP contribution < -0.4 is 10.3 Å². The van der Waals surface area contributed by atoms with Gasteiger partial charge in [0.15, 0.2) is 11.6 Å².